The van der Waals surface area contributed by atoms with E-state index in [4.69, 9.17) is 0 Å². The van der Waals surface area contributed by atoms with E-state index >= 15 is 0 Å². The monoisotopic (exact) mass is 347 g/mol. The molecule has 3 rings (SSSR count). The maximum atomic E-state index is 11.5. The van der Waals surface area contributed by atoms with Gasteiger partial charge in [0.25, 0.3) is 0 Å². The summed E-state index contributed by atoms with van der Waals surface area (Å²) in [5.41, 5.74) is 4.08. The minimum atomic E-state index is 0.200. The predicted octanol–water partition coefficient (Wildman–Crippen LogP) is 2.97. The number of rotatable bonds is 4. The first-order valence-electron chi connectivity index (χ1n) is 9.04. The third-order valence-corrected chi connectivity index (χ3v) is 6.19. The zero-order valence-corrected chi connectivity index (χ0v) is 15.7. The van der Waals surface area contributed by atoms with Gasteiger partial charge >= 0.3 is 0 Å². The molecule has 4 nitrogen and oxygen atoms in total. The number of hydrogen-bond donors (Lipinski definition) is 1. The first-order chi connectivity index (χ1) is 11.6. The lowest BCUT2D eigenvalue weighted by atomic mass is 10.0. The van der Waals surface area contributed by atoms with E-state index in [2.05, 4.69) is 47.1 Å². The van der Waals surface area contributed by atoms with Gasteiger partial charge in [-0.15, -0.1) is 0 Å². The smallest absolute Gasteiger partial charge is 0.219 e. The lowest BCUT2D eigenvalue weighted by Crippen LogP contribution is -2.41. The zero-order valence-electron chi connectivity index (χ0n) is 14.9. The average Bonchev–Trinajstić information content (AvgIpc) is 2.60. The number of nitrogens with zero attached hydrogens (tertiary/aromatic N) is 2. The summed E-state index contributed by atoms with van der Waals surface area (Å²) in [6.07, 6.45) is 2.07. The highest BCUT2D eigenvalue weighted by Gasteiger charge is 2.21. The number of benzene rings is 1. The Bertz CT molecular complexity index is 564. The van der Waals surface area contributed by atoms with Crippen LogP contribution in [-0.4, -0.2) is 59.4 Å². The van der Waals surface area contributed by atoms with E-state index in [1.54, 1.807) is 6.92 Å². The van der Waals surface area contributed by atoms with Gasteiger partial charge in [-0.1, -0.05) is 12.1 Å². The summed E-state index contributed by atoms with van der Waals surface area (Å²) in [5.74, 6) is 2.71. The van der Waals surface area contributed by atoms with Crippen molar-refractivity contribution < 1.29 is 4.79 Å². The minimum absolute atomic E-state index is 0.200. The summed E-state index contributed by atoms with van der Waals surface area (Å²) in [6, 6.07) is 7.11. The van der Waals surface area contributed by atoms with E-state index in [-0.39, 0.29) is 5.91 Å². The lowest BCUT2D eigenvalue weighted by molar-refractivity contribution is -0.129. The van der Waals surface area contributed by atoms with Gasteiger partial charge in [0.15, 0.2) is 0 Å². The fourth-order valence-corrected chi connectivity index (χ4v) is 4.55. The highest BCUT2D eigenvalue weighted by Crippen LogP contribution is 2.24. The highest BCUT2D eigenvalue weighted by molar-refractivity contribution is 7.99. The van der Waals surface area contributed by atoms with Gasteiger partial charge < -0.3 is 10.2 Å². The Kier molecular flexibility index (Phi) is 6.06. The van der Waals surface area contributed by atoms with Gasteiger partial charge in [-0.2, -0.15) is 11.8 Å². The molecule has 1 aromatic rings. The highest BCUT2D eigenvalue weighted by atomic mass is 32.2. The number of nitrogens with one attached hydrogen (secondary N) is 1. The molecule has 2 aliphatic heterocycles. The van der Waals surface area contributed by atoms with Crippen molar-refractivity contribution in [2.75, 3.05) is 43.0 Å². The number of hydrogen-bond acceptors (Lipinski definition) is 4. The molecule has 5 heteroatoms. The Labute approximate surface area is 150 Å². The molecule has 0 saturated carbocycles. The number of carbonyl (C=O) groups excluding carboxylic acids is 1. The minimum Gasteiger partial charge on any atom is -0.382 e. The molecule has 0 atom stereocenters. The average molecular weight is 348 g/mol. The van der Waals surface area contributed by atoms with Crippen LogP contribution >= 0.6 is 11.8 Å². The second kappa shape index (κ2) is 8.26. The lowest BCUT2D eigenvalue weighted by Gasteiger charge is -2.33. The topological polar surface area (TPSA) is 35.6 Å². The van der Waals surface area contributed by atoms with Crippen LogP contribution in [-0.2, 0) is 11.3 Å². The normalized spacial score (nSPS) is 20.2. The van der Waals surface area contributed by atoms with Crippen LogP contribution in [0.1, 0.15) is 30.9 Å². The molecular formula is C19H29N3OS. The van der Waals surface area contributed by atoms with Crippen molar-refractivity contribution in [1.82, 2.24) is 9.80 Å². The van der Waals surface area contributed by atoms with Crippen molar-refractivity contribution in [2.24, 2.45) is 0 Å². The zero-order chi connectivity index (χ0) is 16.9. The van der Waals surface area contributed by atoms with Gasteiger partial charge in [-0.05, 0) is 37.0 Å². The van der Waals surface area contributed by atoms with Crippen molar-refractivity contribution >= 4 is 23.4 Å². The fraction of sp³-hybridized carbons (Fsp3) is 0.632. The van der Waals surface area contributed by atoms with Gasteiger partial charge in [-0.3, -0.25) is 9.69 Å². The van der Waals surface area contributed by atoms with Gasteiger partial charge in [0.2, 0.25) is 5.91 Å². The maximum Gasteiger partial charge on any atom is 0.219 e. The molecule has 2 fully saturated rings. The van der Waals surface area contributed by atoms with Gasteiger partial charge in [0.1, 0.15) is 0 Å². The van der Waals surface area contributed by atoms with E-state index in [0.717, 1.165) is 32.5 Å². The third-order valence-electron chi connectivity index (χ3n) is 5.24. The van der Waals surface area contributed by atoms with E-state index in [9.17, 15) is 4.79 Å². The molecule has 24 heavy (non-hydrogen) atoms. The van der Waals surface area contributed by atoms with E-state index in [1.165, 1.54) is 41.4 Å². The van der Waals surface area contributed by atoms with E-state index < -0.39 is 0 Å². The van der Waals surface area contributed by atoms with Crippen LogP contribution in [0.4, 0.5) is 5.69 Å². The van der Waals surface area contributed by atoms with E-state index in [0.29, 0.717) is 6.04 Å². The molecule has 1 aromatic carbocycles. The number of amides is 1. The molecule has 0 bridgehead atoms. The molecule has 2 saturated heterocycles. The van der Waals surface area contributed by atoms with Crippen LogP contribution in [0.5, 0.6) is 0 Å². The summed E-state index contributed by atoms with van der Waals surface area (Å²) < 4.78 is 0. The SMILES string of the molecule is CC(=O)N1CCC(Nc2cccc(CN3CCSCC3)c2C)CC1. The van der Waals surface area contributed by atoms with Crippen molar-refractivity contribution in [3.8, 4) is 0 Å². The van der Waals surface area contributed by atoms with Crippen molar-refractivity contribution in [3.63, 3.8) is 0 Å². The Hall–Kier alpha value is -1.20. The summed E-state index contributed by atoms with van der Waals surface area (Å²) >= 11 is 2.06. The Morgan fingerprint density at radius 1 is 1.21 bits per heavy atom. The molecule has 0 unspecified atom stereocenters. The molecule has 132 valence electrons. The van der Waals surface area contributed by atoms with E-state index in [1.807, 2.05) is 4.90 Å². The summed E-state index contributed by atoms with van der Waals surface area (Å²) in [5, 5.41) is 3.73. The van der Waals surface area contributed by atoms with Crippen molar-refractivity contribution in [2.45, 2.75) is 39.3 Å². The Morgan fingerprint density at radius 3 is 2.58 bits per heavy atom. The number of piperidine rings is 1. The maximum absolute atomic E-state index is 11.5. The molecule has 1 amide bonds. The second-order valence-corrected chi connectivity index (χ2v) is 8.13. The molecule has 0 aliphatic carbocycles. The van der Waals surface area contributed by atoms with Crippen LogP contribution < -0.4 is 5.32 Å². The summed E-state index contributed by atoms with van der Waals surface area (Å²) in [6.45, 7) is 9.11. The van der Waals surface area contributed by atoms with Gasteiger partial charge in [0.05, 0.1) is 0 Å². The standard InChI is InChI=1S/C19H29N3OS/c1-15-17(14-21-10-12-24-13-11-21)4-3-5-19(15)20-18-6-8-22(9-7-18)16(2)23/h3-5,18,20H,6-14H2,1-2H3. The van der Waals surface area contributed by atoms with Crippen molar-refractivity contribution in [1.29, 1.82) is 0 Å². The Morgan fingerprint density at radius 2 is 1.92 bits per heavy atom. The van der Waals surface area contributed by atoms with Crippen molar-refractivity contribution in [3.05, 3.63) is 29.3 Å². The molecule has 2 aliphatic rings. The second-order valence-electron chi connectivity index (χ2n) is 6.90. The molecule has 0 aromatic heterocycles. The molecule has 1 N–H and O–H groups in total. The summed E-state index contributed by atoms with van der Waals surface area (Å²) in [7, 11) is 0. The van der Waals surface area contributed by atoms with Gasteiger partial charge in [-0.25, -0.2) is 0 Å². The fourth-order valence-electron chi connectivity index (χ4n) is 3.57. The third kappa shape index (κ3) is 4.45. The number of likely N-dealkylation sites (tertiary alicyclic amines) is 1. The van der Waals surface area contributed by atoms with Gasteiger partial charge in [0, 0.05) is 62.9 Å². The van der Waals surface area contributed by atoms with Crippen LogP contribution in [0, 0.1) is 6.92 Å². The quantitative estimate of drug-likeness (QED) is 0.908. The molecule has 0 spiro atoms. The Balaban J connectivity index is 1.60. The number of thioether (sulfide) groups is 1. The molecular weight excluding hydrogens is 318 g/mol. The molecule has 2 heterocycles. The van der Waals surface area contributed by atoms with Crippen LogP contribution in [0.2, 0.25) is 0 Å². The largest absolute Gasteiger partial charge is 0.382 e. The number of carbonyl (C=O) groups is 1. The predicted molar refractivity (Wildman–Crippen MR) is 103 cm³/mol. The number of anilines is 1. The first-order valence-corrected chi connectivity index (χ1v) is 10.2. The van der Waals surface area contributed by atoms with Crippen LogP contribution in [0.3, 0.4) is 0 Å². The summed E-state index contributed by atoms with van der Waals surface area (Å²) in [4.78, 5) is 16.0. The molecule has 0 radical (unpaired) electrons. The first kappa shape index (κ1) is 17.6. The van der Waals surface area contributed by atoms with Crippen LogP contribution in [0.25, 0.3) is 0 Å². The van der Waals surface area contributed by atoms with Crippen LogP contribution in [0.15, 0.2) is 18.2 Å².